The lowest BCUT2D eigenvalue weighted by atomic mass is 10.0. The van der Waals surface area contributed by atoms with Gasteiger partial charge in [0.2, 0.25) is 21.8 Å². The molecule has 0 aliphatic carbocycles. The standard InChI is InChI=1S/C32H41N3O4S/c1-7-25(4)33-32(37)30(20-27-16-9-8-10-17-27)34(21-28-18-12-11-14-24(28)3)31(36)22-35(40(6,38)39)29-19-13-15-23(2)26(29)5/h8-19,25,30H,7,20-22H2,1-6H3,(H,33,37). The van der Waals surface area contributed by atoms with Crippen molar-refractivity contribution in [2.24, 2.45) is 0 Å². The molecule has 2 unspecified atom stereocenters. The fourth-order valence-corrected chi connectivity index (χ4v) is 5.47. The zero-order valence-corrected chi connectivity index (χ0v) is 25.2. The first-order chi connectivity index (χ1) is 18.9. The van der Waals surface area contributed by atoms with E-state index in [0.29, 0.717) is 12.1 Å². The predicted molar refractivity (Wildman–Crippen MR) is 162 cm³/mol. The highest BCUT2D eigenvalue weighted by Crippen LogP contribution is 2.26. The molecule has 0 aliphatic rings. The van der Waals surface area contributed by atoms with Gasteiger partial charge in [0.15, 0.2) is 0 Å². The molecule has 8 heteroatoms. The molecular weight excluding hydrogens is 522 g/mol. The first-order valence-electron chi connectivity index (χ1n) is 13.6. The molecule has 0 aliphatic heterocycles. The first-order valence-corrected chi connectivity index (χ1v) is 15.5. The van der Waals surface area contributed by atoms with Crippen LogP contribution in [0.4, 0.5) is 5.69 Å². The number of nitrogens with one attached hydrogen (secondary N) is 1. The van der Waals surface area contributed by atoms with Crippen molar-refractivity contribution in [1.29, 1.82) is 0 Å². The van der Waals surface area contributed by atoms with E-state index in [0.717, 1.165) is 44.8 Å². The van der Waals surface area contributed by atoms with Crippen LogP contribution in [0.25, 0.3) is 0 Å². The largest absolute Gasteiger partial charge is 0.352 e. The van der Waals surface area contributed by atoms with Crippen molar-refractivity contribution in [3.8, 4) is 0 Å². The second-order valence-electron chi connectivity index (χ2n) is 10.5. The van der Waals surface area contributed by atoms with Crippen molar-refractivity contribution in [3.63, 3.8) is 0 Å². The van der Waals surface area contributed by atoms with Crippen LogP contribution in [-0.2, 0) is 32.6 Å². The number of benzene rings is 3. The summed E-state index contributed by atoms with van der Waals surface area (Å²) in [5.41, 5.74) is 4.93. The van der Waals surface area contributed by atoms with Crippen LogP contribution >= 0.6 is 0 Å². The van der Waals surface area contributed by atoms with Crippen molar-refractivity contribution in [1.82, 2.24) is 10.2 Å². The molecule has 0 spiro atoms. The highest BCUT2D eigenvalue weighted by molar-refractivity contribution is 7.92. The Balaban J connectivity index is 2.10. The molecule has 0 heterocycles. The number of carbonyl (C=O) groups is 2. The Morgan fingerprint density at radius 2 is 1.50 bits per heavy atom. The van der Waals surface area contributed by atoms with E-state index in [9.17, 15) is 18.0 Å². The maximum absolute atomic E-state index is 14.2. The molecule has 0 bridgehead atoms. The lowest BCUT2D eigenvalue weighted by Crippen LogP contribution is -2.54. The Morgan fingerprint density at radius 3 is 2.12 bits per heavy atom. The van der Waals surface area contributed by atoms with Crippen LogP contribution in [0.1, 0.15) is 48.1 Å². The summed E-state index contributed by atoms with van der Waals surface area (Å²) >= 11 is 0. The molecule has 40 heavy (non-hydrogen) atoms. The maximum atomic E-state index is 14.2. The minimum Gasteiger partial charge on any atom is -0.352 e. The Kier molecular flexibility index (Phi) is 10.5. The fourth-order valence-electron chi connectivity index (χ4n) is 4.57. The van der Waals surface area contributed by atoms with Crippen molar-refractivity contribution in [2.75, 3.05) is 17.1 Å². The van der Waals surface area contributed by atoms with E-state index in [1.165, 1.54) is 4.90 Å². The summed E-state index contributed by atoms with van der Waals surface area (Å²) in [5.74, 6) is -0.715. The smallest absolute Gasteiger partial charge is 0.244 e. The van der Waals surface area contributed by atoms with Crippen LogP contribution in [0.15, 0.2) is 72.8 Å². The van der Waals surface area contributed by atoms with Crippen molar-refractivity contribution in [2.45, 2.75) is 66.1 Å². The SMILES string of the molecule is CCC(C)NC(=O)C(Cc1ccccc1)N(Cc1ccccc1C)C(=O)CN(c1cccc(C)c1C)S(C)(=O)=O. The summed E-state index contributed by atoms with van der Waals surface area (Å²) in [5, 5.41) is 3.05. The molecule has 1 N–H and O–H groups in total. The second kappa shape index (κ2) is 13.6. The Labute approximate surface area is 239 Å². The van der Waals surface area contributed by atoms with Crippen LogP contribution in [-0.4, -0.2) is 50.0 Å². The molecule has 7 nitrogen and oxygen atoms in total. The lowest BCUT2D eigenvalue weighted by Gasteiger charge is -2.34. The monoisotopic (exact) mass is 563 g/mol. The normalized spacial score (nSPS) is 12.8. The summed E-state index contributed by atoms with van der Waals surface area (Å²) in [6.07, 6.45) is 2.14. The number of nitrogens with zero attached hydrogens (tertiary/aromatic N) is 2. The molecule has 0 aromatic heterocycles. The highest BCUT2D eigenvalue weighted by Gasteiger charge is 2.34. The molecule has 3 aromatic rings. The first kappa shape index (κ1) is 30.9. The van der Waals surface area contributed by atoms with E-state index < -0.39 is 28.5 Å². The number of rotatable bonds is 12. The topological polar surface area (TPSA) is 86.8 Å². The van der Waals surface area contributed by atoms with Gasteiger partial charge in [-0.25, -0.2) is 8.42 Å². The third-order valence-electron chi connectivity index (χ3n) is 7.40. The number of hydrogen-bond acceptors (Lipinski definition) is 4. The molecule has 0 fully saturated rings. The van der Waals surface area contributed by atoms with Gasteiger partial charge in [-0.05, 0) is 68.0 Å². The zero-order chi connectivity index (χ0) is 29.4. The minimum atomic E-state index is -3.81. The second-order valence-corrected chi connectivity index (χ2v) is 12.4. The number of aryl methyl sites for hydroxylation is 2. The minimum absolute atomic E-state index is 0.0800. The molecule has 2 atom stereocenters. The quantitative estimate of drug-likeness (QED) is 0.339. The number of hydrogen-bond donors (Lipinski definition) is 1. The van der Waals surface area contributed by atoms with Gasteiger partial charge in [-0.15, -0.1) is 0 Å². The van der Waals surface area contributed by atoms with Crippen LogP contribution in [0.5, 0.6) is 0 Å². The highest BCUT2D eigenvalue weighted by atomic mass is 32.2. The Hall–Kier alpha value is -3.65. The van der Waals surface area contributed by atoms with Crippen LogP contribution in [0.3, 0.4) is 0 Å². The van der Waals surface area contributed by atoms with Gasteiger partial charge in [0, 0.05) is 19.0 Å². The molecule has 0 saturated carbocycles. The van der Waals surface area contributed by atoms with Gasteiger partial charge >= 0.3 is 0 Å². The van der Waals surface area contributed by atoms with Gasteiger partial charge in [-0.2, -0.15) is 0 Å². The summed E-state index contributed by atoms with van der Waals surface area (Å²) in [6, 6.07) is 21.7. The van der Waals surface area contributed by atoms with E-state index >= 15 is 0 Å². The van der Waals surface area contributed by atoms with Gasteiger partial charge in [-0.1, -0.05) is 73.7 Å². The van der Waals surface area contributed by atoms with Gasteiger partial charge in [0.25, 0.3) is 0 Å². The fraction of sp³-hybridized carbons (Fsp3) is 0.375. The third kappa shape index (κ3) is 7.94. The van der Waals surface area contributed by atoms with Gasteiger partial charge in [-0.3, -0.25) is 13.9 Å². The molecule has 3 rings (SSSR count). The van der Waals surface area contributed by atoms with E-state index in [2.05, 4.69) is 5.32 Å². The average Bonchev–Trinajstić information content (AvgIpc) is 2.91. The summed E-state index contributed by atoms with van der Waals surface area (Å²) in [7, 11) is -3.81. The van der Waals surface area contributed by atoms with E-state index in [1.807, 2.05) is 95.3 Å². The van der Waals surface area contributed by atoms with Gasteiger partial charge in [0.05, 0.1) is 11.9 Å². The number of anilines is 1. The molecule has 0 saturated heterocycles. The molecule has 3 aromatic carbocycles. The zero-order valence-electron chi connectivity index (χ0n) is 24.3. The summed E-state index contributed by atoms with van der Waals surface area (Å²) < 4.78 is 27.2. The lowest BCUT2D eigenvalue weighted by molar-refractivity contribution is -0.140. The molecule has 0 radical (unpaired) electrons. The van der Waals surface area contributed by atoms with Crippen molar-refractivity contribution >= 4 is 27.5 Å². The average molecular weight is 564 g/mol. The van der Waals surface area contributed by atoms with Crippen molar-refractivity contribution in [3.05, 3.63) is 101 Å². The van der Waals surface area contributed by atoms with Crippen LogP contribution in [0, 0.1) is 20.8 Å². The third-order valence-corrected chi connectivity index (χ3v) is 8.52. The predicted octanol–water partition coefficient (Wildman–Crippen LogP) is 4.93. The van der Waals surface area contributed by atoms with E-state index in [4.69, 9.17) is 0 Å². The maximum Gasteiger partial charge on any atom is 0.244 e. The van der Waals surface area contributed by atoms with Crippen LogP contribution in [0.2, 0.25) is 0 Å². The van der Waals surface area contributed by atoms with Crippen molar-refractivity contribution < 1.29 is 18.0 Å². The number of sulfonamides is 1. The van der Waals surface area contributed by atoms with E-state index in [1.54, 1.807) is 12.1 Å². The Morgan fingerprint density at radius 1 is 0.875 bits per heavy atom. The summed E-state index contributed by atoms with van der Waals surface area (Å²) in [6.45, 7) is 9.37. The number of carbonyl (C=O) groups excluding carboxylic acids is 2. The molecular formula is C32H41N3O4S. The van der Waals surface area contributed by atoms with Gasteiger partial charge in [0.1, 0.15) is 12.6 Å². The number of amides is 2. The van der Waals surface area contributed by atoms with Crippen LogP contribution < -0.4 is 9.62 Å². The van der Waals surface area contributed by atoms with Gasteiger partial charge < -0.3 is 10.2 Å². The molecule has 2 amide bonds. The Bertz CT molecular complexity index is 1420. The van der Waals surface area contributed by atoms with E-state index in [-0.39, 0.29) is 18.5 Å². The summed E-state index contributed by atoms with van der Waals surface area (Å²) in [4.78, 5) is 29.5. The molecule has 214 valence electrons.